The van der Waals surface area contributed by atoms with Crippen molar-refractivity contribution < 1.29 is 4.42 Å². The van der Waals surface area contributed by atoms with Gasteiger partial charge in [0.25, 0.3) is 0 Å². The van der Waals surface area contributed by atoms with E-state index in [2.05, 4.69) is 205 Å². The lowest BCUT2D eigenvalue weighted by Crippen LogP contribution is -2.09. The molecule has 3 nitrogen and oxygen atoms in total. The summed E-state index contributed by atoms with van der Waals surface area (Å²) < 4.78 is 6.56. The van der Waals surface area contributed by atoms with Gasteiger partial charge in [0, 0.05) is 28.2 Å². The zero-order chi connectivity index (χ0) is 35.8. The highest BCUT2D eigenvalue weighted by atomic mass is 16.3. The molecule has 0 bridgehead atoms. The zero-order valence-electron chi connectivity index (χ0n) is 29.4. The second-order valence-corrected chi connectivity index (χ2v) is 13.6. The van der Waals surface area contributed by atoms with Gasteiger partial charge in [0.1, 0.15) is 5.52 Å². The molecule has 0 saturated carbocycles. The van der Waals surface area contributed by atoms with Crippen LogP contribution in [-0.2, 0) is 0 Å². The Morgan fingerprint density at radius 2 is 0.778 bits per heavy atom. The van der Waals surface area contributed by atoms with Gasteiger partial charge in [0.05, 0.1) is 0 Å². The average Bonchev–Trinajstić information content (AvgIpc) is 3.69. The molecule has 0 unspecified atom stereocenters. The zero-order valence-corrected chi connectivity index (χ0v) is 29.4. The minimum Gasteiger partial charge on any atom is -0.435 e. The lowest BCUT2D eigenvalue weighted by molar-refractivity contribution is 0.621. The molecule has 1 aromatic heterocycles. The smallest absolute Gasteiger partial charge is 0.227 e. The van der Waals surface area contributed by atoms with Crippen LogP contribution in [0.15, 0.2) is 211 Å². The highest BCUT2D eigenvalue weighted by molar-refractivity contribution is 5.99. The second-order valence-electron chi connectivity index (χ2n) is 13.6. The van der Waals surface area contributed by atoms with Crippen molar-refractivity contribution in [1.29, 1.82) is 0 Å². The van der Waals surface area contributed by atoms with Gasteiger partial charge < -0.3 is 9.32 Å². The fourth-order valence-electron chi connectivity index (χ4n) is 7.64. The third-order valence-corrected chi connectivity index (χ3v) is 10.3. The Hall–Kier alpha value is -7.23. The number of hydrogen-bond acceptors (Lipinski definition) is 3. The Balaban J connectivity index is 1.03. The summed E-state index contributed by atoms with van der Waals surface area (Å²) >= 11 is 0. The summed E-state index contributed by atoms with van der Waals surface area (Å²) in [5.41, 5.74) is 12.7. The molecule has 54 heavy (non-hydrogen) atoms. The summed E-state index contributed by atoms with van der Waals surface area (Å²) in [5, 5.41) is 4.78. The normalized spacial score (nSPS) is 11.3. The molecule has 10 rings (SSSR count). The lowest BCUT2D eigenvalue weighted by Gasteiger charge is -2.26. The number of hydrogen-bond donors (Lipinski definition) is 0. The van der Waals surface area contributed by atoms with Crippen molar-refractivity contribution in [1.82, 2.24) is 4.98 Å². The molecule has 0 aliphatic carbocycles. The number of oxazole rings is 1. The van der Waals surface area contributed by atoms with Gasteiger partial charge in [-0.3, -0.25) is 0 Å². The summed E-state index contributed by atoms with van der Waals surface area (Å²) in [6.07, 6.45) is 0. The third kappa shape index (κ3) is 5.69. The van der Waals surface area contributed by atoms with Crippen LogP contribution in [0.4, 0.5) is 17.1 Å². The van der Waals surface area contributed by atoms with Crippen LogP contribution in [0.25, 0.3) is 77.5 Å². The fraction of sp³-hybridized carbons (Fsp3) is 0. The Bertz CT molecular complexity index is 2900. The predicted molar refractivity (Wildman–Crippen MR) is 225 cm³/mol. The van der Waals surface area contributed by atoms with Crippen LogP contribution in [0.5, 0.6) is 0 Å². The Morgan fingerprint density at radius 1 is 0.333 bits per heavy atom. The summed E-state index contributed by atoms with van der Waals surface area (Å²) in [6, 6.07) is 72.9. The van der Waals surface area contributed by atoms with Gasteiger partial charge in [-0.15, -0.1) is 0 Å². The van der Waals surface area contributed by atoms with E-state index in [0.29, 0.717) is 5.89 Å². The maximum Gasteiger partial charge on any atom is 0.227 e. The van der Waals surface area contributed by atoms with Gasteiger partial charge in [-0.05, 0) is 97.9 Å². The fourth-order valence-corrected chi connectivity index (χ4v) is 7.64. The van der Waals surface area contributed by atoms with E-state index in [1.165, 1.54) is 33.0 Å². The van der Waals surface area contributed by atoms with E-state index in [9.17, 15) is 0 Å². The molecule has 0 saturated heterocycles. The van der Waals surface area contributed by atoms with Crippen molar-refractivity contribution in [2.75, 3.05) is 4.90 Å². The number of nitrogens with zero attached hydrogens (tertiary/aromatic N) is 2. The van der Waals surface area contributed by atoms with Gasteiger partial charge >= 0.3 is 0 Å². The molecule has 0 amide bonds. The van der Waals surface area contributed by atoms with Crippen LogP contribution in [0, 0.1) is 0 Å². The Labute approximate surface area is 314 Å². The van der Waals surface area contributed by atoms with Crippen LogP contribution in [-0.4, -0.2) is 4.98 Å². The standard InChI is InChI=1S/C51H34N2O/c1-2-11-35(12-3-1)36-23-29-41(30-24-36)53(42-31-25-39(26-32-42)45-19-8-15-37-13-4-6-17-44(37)45)43-33-27-40(28-34-43)47-20-10-22-49-50(47)54-51(52-49)48-21-9-16-38-14-5-7-18-46(38)48/h1-34H. The molecule has 0 fully saturated rings. The molecule has 254 valence electrons. The minimum atomic E-state index is 0.628. The van der Waals surface area contributed by atoms with Crippen LogP contribution >= 0.6 is 0 Å². The van der Waals surface area contributed by atoms with E-state index in [1.807, 2.05) is 6.07 Å². The van der Waals surface area contributed by atoms with E-state index in [0.717, 1.165) is 55.6 Å². The number of fused-ring (bicyclic) bond motifs is 3. The van der Waals surface area contributed by atoms with Gasteiger partial charge in [-0.25, -0.2) is 4.98 Å². The SMILES string of the molecule is c1ccc(-c2ccc(N(c3ccc(-c4cccc5ccccc45)cc3)c3ccc(-c4cccc5nc(-c6cccc7ccccc67)oc45)cc3)cc2)cc1. The van der Waals surface area contributed by atoms with Gasteiger partial charge in [-0.2, -0.15) is 0 Å². The van der Waals surface area contributed by atoms with E-state index in [4.69, 9.17) is 9.40 Å². The van der Waals surface area contributed by atoms with Crippen molar-refractivity contribution in [3.63, 3.8) is 0 Å². The highest BCUT2D eigenvalue weighted by Gasteiger charge is 2.17. The molecule has 0 aliphatic heterocycles. The summed E-state index contributed by atoms with van der Waals surface area (Å²) in [5.74, 6) is 0.628. The largest absolute Gasteiger partial charge is 0.435 e. The maximum absolute atomic E-state index is 6.56. The van der Waals surface area contributed by atoms with E-state index in [1.54, 1.807) is 0 Å². The van der Waals surface area contributed by atoms with Crippen LogP contribution in [0.1, 0.15) is 0 Å². The van der Waals surface area contributed by atoms with Crippen molar-refractivity contribution >= 4 is 49.7 Å². The molecule has 0 radical (unpaired) electrons. The summed E-state index contributed by atoms with van der Waals surface area (Å²) in [4.78, 5) is 7.26. The molecule has 0 aliphatic rings. The third-order valence-electron chi connectivity index (χ3n) is 10.3. The van der Waals surface area contributed by atoms with Crippen molar-refractivity contribution in [2.24, 2.45) is 0 Å². The topological polar surface area (TPSA) is 29.3 Å². The highest BCUT2D eigenvalue weighted by Crippen LogP contribution is 2.40. The molecule has 1 heterocycles. The second kappa shape index (κ2) is 13.4. The quantitative estimate of drug-likeness (QED) is 0.167. The number of benzene rings is 9. The first kappa shape index (κ1) is 31.5. The first-order chi connectivity index (χ1) is 26.8. The van der Waals surface area contributed by atoms with Gasteiger partial charge in [-0.1, -0.05) is 158 Å². The number of aromatic nitrogens is 1. The maximum atomic E-state index is 6.56. The average molecular weight is 691 g/mol. The van der Waals surface area contributed by atoms with Crippen LogP contribution in [0.3, 0.4) is 0 Å². The first-order valence-corrected chi connectivity index (χ1v) is 18.3. The monoisotopic (exact) mass is 690 g/mol. The molecule has 10 aromatic rings. The van der Waals surface area contributed by atoms with Gasteiger partial charge in [0.2, 0.25) is 5.89 Å². The molecule has 0 atom stereocenters. The van der Waals surface area contributed by atoms with Crippen molar-refractivity contribution in [3.05, 3.63) is 206 Å². The molecule has 0 spiro atoms. The Morgan fingerprint density at radius 3 is 1.41 bits per heavy atom. The summed E-state index contributed by atoms with van der Waals surface area (Å²) in [7, 11) is 0. The van der Waals surface area contributed by atoms with Crippen LogP contribution < -0.4 is 4.90 Å². The van der Waals surface area contributed by atoms with Crippen molar-refractivity contribution in [3.8, 4) is 44.8 Å². The van der Waals surface area contributed by atoms with E-state index < -0.39 is 0 Å². The van der Waals surface area contributed by atoms with E-state index in [-0.39, 0.29) is 0 Å². The molecular formula is C51H34N2O. The molecular weight excluding hydrogens is 657 g/mol. The van der Waals surface area contributed by atoms with Crippen molar-refractivity contribution in [2.45, 2.75) is 0 Å². The molecule has 3 heteroatoms. The van der Waals surface area contributed by atoms with E-state index >= 15 is 0 Å². The lowest BCUT2D eigenvalue weighted by atomic mass is 9.98. The van der Waals surface area contributed by atoms with Crippen LogP contribution in [0.2, 0.25) is 0 Å². The summed E-state index contributed by atoms with van der Waals surface area (Å²) in [6.45, 7) is 0. The Kier molecular flexibility index (Phi) is 7.81. The number of anilines is 3. The molecule has 9 aromatic carbocycles. The van der Waals surface area contributed by atoms with Gasteiger partial charge in [0.15, 0.2) is 5.58 Å². The molecule has 0 N–H and O–H groups in total. The number of rotatable bonds is 7. The first-order valence-electron chi connectivity index (χ1n) is 18.3. The predicted octanol–water partition coefficient (Wildman–Crippen LogP) is 14.3. The minimum absolute atomic E-state index is 0.628. The number of para-hydroxylation sites is 1.